The zero-order valence-electron chi connectivity index (χ0n) is 12.7. The summed E-state index contributed by atoms with van der Waals surface area (Å²) in [5, 5.41) is 0. The van der Waals surface area contributed by atoms with Crippen molar-refractivity contribution >= 4 is 17.6 Å². The number of benzene rings is 1. The standard InChI is InChI=1S/C16H20N2O3/c1-4-17-9-16(21)18(10-15(17)20)8-14(19)13-7-11(2)5-6-12(13)3/h5-7H,4,8-10H2,1-3H3. The summed E-state index contributed by atoms with van der Waals surface area (Å²) < 4.78 is 0. The van der Waals surface area contributed by atoms with E-state index in [1.54, 1.807) is 0 Å². The zero-order valence-corrected chi connectivity index (χ0v) is 12.7. The lowest BCUT2D eigenvalue weighted by molar-refractivity contribution is -0.149. The van der Waals surface area contributed by atoms with E-state index in [0.29, 0.717) is 12.1 Å². The van der Waals surface area contributed by atoms with Crippen molar-refractivity contribution < 1.29 is 14.4 Å². The molecule has 0 N–H and O–H groups in total. The summed E-state index contributed by atoms with van der Waals surface area (Å²) in [5.41, 5.74) is 2.51. The molecule has 1 aromatic carbocycles. The number of piperazine rings is 1. The maximum Gasteiger partial charge on any atom is 0.243 e. The van der Waals surface area contributed by atoms with Gasteiger partial charge in [-0.25, -0.2) is 0 Å². The summed E-state index contributed by atoms with van der Waals surface area (Å²) in [7, 11) is 0. The van der Waals surface area contributed by atoms with Crippen LogP contribution in [0.4, 0.5) is 0 Å². The number of carbonyl (C=O) groups excluding carboxylic acids is 3. The highest BCUT2D eigenvalue weighted by Crippen LogP contribution is 2.13. The predicted molar refractivity (Wildman–Crippen MR) is 79.1 cm³/mol. The van der Waals surface area contributed by atoms with Gasteiger partial charge < -0.3 is 9.80 Å². The lowest BCUT2D eigenvalue weighted by atomic mass is 10.0. The molecule has 2 amide bonds. The first-order valence-corrected chi connectivity index (χ1v) is 7.08. The summed E-state index contributed by atoms with van der Waals surface area (Å²) in [5.74, 6) is -0.400. The Kier molecular flexibility index (Phi) is 4.40. The maximum atomic E-state index is 12.4. The summed E-state index contributed by atoms with van der Waals surface area (Å²) in [6.45, 7) is 6.16. The van der Waals surface area contributed by atoms with E-state index in [-0.39, 0.29) is 37.2 Å². The molecule has 21 heavy (non-hydrogen) atoms. The van der Waals surface area contributed by atoms with Crippen LogP contribution in [0.25, 0.3) is 0 Å². The number of amides is 2. The molecule has 0 radical (unpaired) electrons. The summed E-state index contributed by atoms with van der Waals surface area (Å²) in [6.07, 6.45) is 0. The lowest BCUT2D eigenvalue weighted by Crippen LogP contribution is -2.54. The van der Waals surface area contributed by atoms with E-state index < -0.39 is 0 Å². The van der Waals surface area contributed by atoms with Gasteiger partial charge in [0.2, 0.25) is 11.8 Å². The largest absolute Gasteiger partial charge is 0.332 e. The smallest absolute Gasteiger partial charge is 0.243 e. The van der Waals surface area contributed by atoms with Crippen molar-refractivity contribution in [1.29, 1.82) is 0 Å². The van der Waals surface area contributed by atoms with Gasteiger partial charge in [-0.1, -0.05) is 17.7 Å². The molecule has 5 heteroatoms. The molecule has 0 aromatic heterocycles. The number of likely N-dealkylation sites (N-methyl/N-ethyl adjacent to an activating group) is 1. The van der Waals surface area contributed by atoms with E-state index in [0.717, 1.165) is 11.1 Å². The van der Waals surface area contributed by atoms with E-state index >= 15 is 0 Å². The van der Waals surface area contributed by atoms with Crippen molar-refractivity contribution in [3.05, 3.63) is 34.9 Å². The molecule has 1 aliphatic heterocycles. The normalized spacial score (nSPS) is 15.6. The minimum atomic E-state index is -0.171. The van der Waals surface area contributed by atoms with Gasteiger partial charge >= 0.3 is 0 Å². The van der Waals surface area contributed by atoms with Crippen molar-refractivity contribution in [3.63, 3.8) is 0 Å². The van der Waals surface area contributed by atoms with E-state index in [2.05, 4.69) is 0 Å². The van der Waals surface area contributed by atoms with Gasteiger partial charge in [0.1, 0.15) is 6.54 Å². The fourth-order valence-corrected chi connectivity index (χ4v) is 2.43. The van der Waals surface area contributed by atoms with Crippen LogP contribution in [-0.2, 0) is 9.59 Å². The Balaban J connectivity index is 2.11. The number of aryl methyl sites for hydroxylation is 2. The third-order valence-corrected chi connectivity index (χ3v) is 3.77. The number of hydrogen-bond acceptors (Lipinski definition) is 3. The zero-order chi connectivity index (χ0) is 15.6. The van der Waals surface area contributed by atoms with Crippen molar-refractivity contribution in [1.82, 2.24) is 9.80 Å². The Bertz CT molecular complexity index is 595. The number of hydrogen-bond donors (Lipinski definition) is 0. The van der Waals surface area contributed by atoms with Gasteiger partial charge in [0.05, 0.1) is 13.1 Å². The molecule has 2 rings (SSSR count). The number of ketones is 1. The SMILES string of the molecule is CCN1CC(=O)N(CC(=O)c2cc(C)ccc2C)CC1=O. The van der Waals surface area contributed by atoms with Gasteiger partial charge in [0.25, 0.3) is 0 Å². The molecule has 1 aromatic rings. The molecule has 0 unspecified atom stereocenters. The third kappa shape index (κ3) is 3.29. The highest BCUT2D eigenvalue weighted by molar-refractivity contribution is 6.02. The van der Waals surface area contributed by atoms with Crippen LogP contribution in [0.2, 0.25) is 0 Å². The van der Waals surface area contributed by atoms with E-state index in [4.69, 9.17) is 0 Å². The first-order chi connectivity index (χ1) is 9.92. The summed E-state index contributed by atoms with van der Waals surface area (Å²) >= 11 is 0. The predicted octanol–water partition coefficient (Wildman–Crippen LogP) is 1.18. The Labute approximate surface area is 124 Å². The van der Waals surface area contributed by atoms with Crippen molar-refractivity contribution in [3.8, 4) is 0 Å². The average molecular weight is 288 g/mol. The minimum absolute atomic E-state index is 0.0106. The topological polar surface area (TPSA) is 57.7 Å². The van der Waals surface area contributed by atoms with Crippen molar-refractivity contribution in [2.75, 3.05) is 26.2 Å². The molecule has 0 saturated carbocycles. The van der Waals surface area contributed by atoms with Crippen LogP contribution in [0.5, 0.6) is 0 Å². The minimum Gasteiger partial charge on any atom is -0.332 e. The van der Waals surface area contributed by atoms with Crippen LogP contribution in [0.1, 0.15) is 28.4 Å². The molecule has 0 aliphatic carbocycles. The molecule has 5 nitrogen and oxygen atoms in total. The number of nitrogens with zero attached hydrogens (tertiary/aromatic N) is 2. The third-order valence-electron chi connectivity index (χ3n) is 3.77. The molecule has 112 valence electrons. The first-order valence-electron chi connectivity index (χ1n) is 7.08. The Hall–Kier alpha value is -2.17. The fourth-order valence-electron chi connectivity index (χ4n) is 2.43. The van der Waals surface area contributed by atoms with Crippen molar-refractivity contribution in [2.24, 2.45) is 0 Å². The number of Topliss-reactive ketones (excluding diaryl/α,β-unsaturated/α-hetero) is 1. The first kappa shape index (κ1) is 15.2. The molecule has 0 bridgehead atoms. The molecular weight excluding hydrogens is 268 g/mol. The molecule has 1 fully saturated rings. The fraction of sp³-hybridized carbons (Fsp3) is 0.438. The monoisotopic (exact) mass is 288 g/mol. The number of rotatable bonds is 4. The second-order valence-electron chi connectivity index (χ2n) is 5.40. The second kappa shape index (κ2) is 6.08. The average Bonchev–Trinajstić information content (AvgIpc) is 2.45. The van der Waals surface area contributed by atoms with Crippen LogP contribution in [-0.4, -0.2) is 53.6 Å². The van der Waals surface area contributed by atoms with Gasteiger partial charge in [-0.15, -0.1) is 0 Å². The molecule has 1 aliphatic rings. The highest BCUT2D eigenvalue weighted by atomic mass is 16.2. The van der Waals surface area contributed by atoms with Crippen LogP contribution in [0.15, 0.2) is 18.2 Å². The second-order valence-corrected chi connectivity index (χ2v) is 5.40. The van der Waals surface area contributed by atoms with Crippen LogP contribution in [0, 0.1) is 13.8 Å². The lowest BCUT2D eigenvalue weighted by Gasteiger charge is -2.32. The van der Waals surface area contributed by atoms with Gasteiger partial charge in [-0.05, 0) is 32.4 Å². The van der Waals surface area contributed by atoms with Crippen LogP contribution >= 0.6 is 0 Å². The molecule has 1 saturated heterocycles. The van der Waals surface area contributed by atoms with Gasteiger partial charge in [-0.2, -0.15) is 0 Å². The molecule has 1 heterocycles. The van der Waals surface area contributed by atoms with Crippen LogP contribution in [0.3, 0.4) is 0 Å². The van der Waals surface area contributed by atoms with Crippen LogP contribution < -0.4 is 0 Å². The van der Waals surface area contributed by atoms with Gasteiger partial charge in [0.15, 0.2) is 5.78 Å². The van der Waals surface area contributed by atoms with Gasteiger partial charge in [-0.3, -0.25) is 14.4 Å². The summed E-state index contributed by atoms with van der Waals surface area (Å²) in [6, 6.07) is 5.66. The Morgan fingerprint density at radius 1 is 1.10 bits per heavy atom. The summed E-state index contributed by atoms with van der Waals surface area (Å²) in [4.78, 5) is 39.1. The van der Waals surface area contributed by atoms with Gasteiger partial charge in [0, 0.05) is 12.1 Å². The van der Waals surface area contributed by atoms with E-state index in [1.807, 2.05) is 39.0 Å². The molecule has 0 atom stereocenters. The quantitative estimate of drug-likeness (QED) is 0.782. The molecular formula is C16H20N2O3. The highest BCUT2D eigenvalue weighted by Gasteiger charge is 2.30. The number of carbonyl (C=O) groups is 3. The van der Waals surface area contributed by atoms with E-state index in [1.165, 1.54) is 9.80 Å². The Morgan fingerprint density at radius 2 is 1.71 bits per heavy atom. The van der Waals surface area contributed by atoms with Crippen molar-refractivity contribution in [2.45, 2.75) is 20.8 Å². The molecule has 0 spiro atoms. The maximum absolute atomic E-state index is 12.4. The Morgan fingerprint density at radius 3 is 2.38 bits per heavy atom. The van der Waals surface area contributed by atoms with E-state index in [9.17, 15) is 14.4 Å².